The van der Waals surface area contributed by atoms with Crippen molar-refractivity contribution in [3.63, 3.8) is 0 Å². The molecule has 2 N–H and O–H groups in total. The number of ether oxygens (including phenoxy) is 1. The van der Waals surface area contributed by atoms with E-state index in [1.165, 1.54) is 0 Å². The first-order valence-corrected chi connectivity index (χ1v) is 9.72. The minimum Gasteiger partial charge on any atom is -0.379 e. The van der Waals surface area contributed by atoms with Gasteiger partial charge in [0.25, 0.3) is 0 Å². The van der Waals surface area contributed by atoms with Crippen LogP contribution in [0.5, 0.6) is 0 Å². The highest BCUT2D eigenvalue weighted by atomic mass is 16.5. The first-order chi connectivity index (χ1) is 13.0. The third-order valence-corrected chi connectivity index (χ3v) is 3.97. The summed E-state index contributed by atoms with van der Waals surface area (Å²) in [4.78, 5) is 4.74. The number of nitrogens with zero attached hydrogens (tertiary/aromatic N) is 3. The van der Waals surface area contributed by atoms with Crippen molar-refractivity contribution in [2.45, 2.75) is 41.2 Å². The highest BCUT2D eigenvalue weighted by molar-refractivity contribution is 5.79. The summed E-state index contributed by atoms with van der Waals surface area (Å²) in [5.74, 6) is 1.35. The van der Waals surface area contributed by atoms with Crippen LogP contribution in [0, 0.1) is 19.8 Å². The number of hydrogen-bond acceptors (Lipinski definition) is 3. The fraction of sp³-hybridized carbons (Fsp3) is 0.524. The summed E-state index contributed by atoms with van der Waals surface area (Å²) in [6.07, 6.45) is 0. The number of aromatic nitrogens is 2. The molecule has 0 bridgehead atoms. The Balaban J connectivity index is 2.04. The lowest BCUT2D eigenvalue weighted by Gasteiger charge is -2.13. The molecule has 0 aliphatic heterocycles. The molecular formula is C21H33N5O. The molecule has 2 rings (SSSR count). The number of guanidine groups is 1. The number of hydrogen-bond donors (Lipinski definition) is 2. The number of rotatable bonds is 9. The van der Waals surface area contributed by atoms with Crippen molar-refractivity contribution in [3.05, 3.63) is 47.3 Å². The molecule has 1 aromatic heterocycles. The molecular weight excluding hydrogens is 338 g/mol. The lowest BCUT2D eigenvalue weighted by Crippen LogP contribution is -2.39. The molecule has 0 amide bonds. The molecule has 6 nitrogen and oxygen atoms in total. The van der Waals surface area contributed by atoms with E-state index in [9.17, 15) is 0 Å². The smallest absolute Gasteiger partial charge is 0.191 e. The van der Waals surface area contributed by atoms with Crippen molar-refractivity contribution in [3.8, 4) is 5.69 Å². The normalized spacial score (nSPS) is 11.9. The van der Waals surface area contributed by atoms with E-state index in [1.807, 2.05) is 23.7 Å². The van der Waals surface area contributed by atoms with Crippen LogP contribution in [0.1, 0.15) is 37.7 Å². The van der Waals surface area contributed by atoms with E-state index in [4.69, 9.17) is 9.73 Å². The topological polar surface area (TPSA) is 63.5 Å². The van der Waals surface area contributed by atoms with Crippen molar-refractivity contribution < 1.29 is 4.74 Å². The average molecular weight is 372 g/mol. The second kappa shape index (κ2) is 10.7. The Hall–Kier alpha value is -2.34. The van der Waals surface area contributed by atoms with E-state index in [1.54, 1.807) is 0 Å². The van der Waals surface area contributed by atoms with E-state index < -0.39 is 0 Å². The van der Waals surface area contributed by atoms with Gasteiger partial charge in [0, 0.05) is 25.4 Å². The Labute approximate surface area is 163 Å². The number of benzene rings is 1. The minimum absolute atomic E-state index is 0.554. The highest BCUT2D eigenvalue weighted by Gasteiger charge is 2.08. The van der Waals surface area contributed by atoms with Crippen LogP contribution in [-0.2, 0) is 11.3 Å². The molecule has 148 valence electrons. The Morgan fingerprint density at radius 2 is 2.00 bits per heavy atom. The summed E-state index contributed by atoms with van der Waals surface area (Å²) in [6, 6.07) is 10.4. The Morgan fingerprint density at radius 3 is 2.67 bits per heavy atom. The van der Waals surface area contributed by atoms with Gasteiger partial charge in [-0.3, -0.25) is 0 Å². The Kier molecular flexibility index (Phi) is 8.33. The minimum atomic E-state index is 0.554. The first kappa shape index (κ1) is 21.0. The van der Waals surface area contributed by atoms with Crippen molar-refractivity contribution >= 4 is 5.96 Å². The van der Waals surface area contributed by atoms with Crippen LogP contribution in [-0.4, -0.2) is 42.0 Å². The Morgan fingerprint density at radius 1 is 1.22 bits per heavy atom. The van der Waals surface area contributed by atoms with E-state index >= 15 is 0 Å². The zero-order chi connectivity index (χ0) is 19.6. The SMILES string of the molecule is CCNC(=NCc1ccccc1-n1nc(C)cc1C)NCCOCC(C)C. The lowest BCUT2D eigenvalue weighted by atomic mass is 10.2. The van der Waals surface area contributed by atoms with Gasteiger partial charge in [0.1, 0.15) is 0 Å². The van der Waals surface area contributed by atoms with E-state index in [2.05, 4.69) is 61.6 Å². The van der Waals surface area contributed by atoms with Crippen molar-refractivity contribution in [2.24, 2.45) is 10.9 Å². The zero-order valence-corrected chi connectivity index (χ0v) is 17.2. The summed E-state index contributed by atoms with van der Waals surface area (Å²) >= 11 is 0. The largest absolute Gasteiger partial charge is 0.379 e. The van der Waals surface area contributed by atoms with Crippen LogP contribution in [0.4, 0.5) is 0 Å². The van der Waals surface area contributed by atoms with Crippen LogP contribution in [0.25, 0.3) is 5.69 Å². The fourth-order valence-corrected chi connectivity index (χ4v) is 2.79. The molecule has 0 unspecified atom stereocenters. The number of nitrogens with one attached hydrogen (secondary N) is 2. The highest BCUT2D eigenvalue weighted by Crippen LogP contribution is 2.17. The summed E-state index contributed by atoms with van der Waals surface area (Å²) in [5, 5.41) is 11.2. The van der Waals surface area contributed by atoms with Crippen LogP contribution >= 0.6 is 0 Å². The van der Waals surface area contributed by atoms with Crippen molar-refractivity contribution in [1.29, 1.82) is 0 Å². The fourth-order valence-electron chi connectivity index (χ4n) is 2.79. The molecule has 0 fully saturated rings. The van der Waals surface area contributed by atoms with Gasteiger partial charge in [-0.25, -0.2) is 9.67 Å². The molecule has 0 saturated carbocycles. The van der Waals surface area contributed by atoms with Gasteiger partial charge in [-0.05, 0) is 44.4 Å². The molecule has 0 saturated heterocycles. The molecule has 6 heteroatoms. The molecule has 0 radical (unpaired) electrons. The predicted octanol–water partition coefficient (Wildman–Crippen LogP) is 3.22. The molecule has 2 aromatic rings. The second-order valence-electron chi connectivity index (χ2n) is 7.06. The standard InChI is InChI=1S/C21H33N5O/c1-6-22-21(23-11-12-27-15-16(2)3)24-14-19-9-7-8-10-20(19)26-18(5)13-17(4)25-26/h7-10,13,16H,6,11-12,14-15H2,1-5H3,(H2,22,23,24). The quantitative estimate of drug-likeness (QED) is 0.404. The lowest BCUT2D eigenvalue weighted by molar-refractivity contribution is 0.114. The van der Waals surface area contributed by atoms with Gasteiger partial charge in [-0.1, -0.05) is 32.0 Å². The van der Waals surface area contributed by atoms with Crippen LogP contribution in [0.2, 0.25) is 0 Å². The molecule has 0 aliphatic carbocycles. The predicted molar refractivity (Wildman–Crippen MR) is 112 cm³/mol. The van der Waals surface area contributed by atoms with Gasteiger partial charge in [-0.2, -0.15) is 5.10 Å². The third kappa shape index (κ3) is 6.71. The average Bonchev–Trinajstić information content (AvgIpc) is 2.97. The maximum absolute atomic E-state index is 5.62. The monoisotopic (exact) mass is 371 g/mol. The first-order valence-electron chi connectivity index (χ1n) is 9.72. The van der Waals surface area contributed by atoms with Gasteiger partial charge in [0.15, 0.2) is 5.96 Å². The third-order valence-electron chi connectivity index (χ3n) is 3.97. The summed E-state index contributed by atoms with van der Waals surface area (Å²) in [6.45, 7) is 14.0. The number of aliphatic imine (C=N–C) groups is 1. The maximum atomic E-state index is 5.62. The van der Waals surface area contributed by atoms with Crippen LogP contribution < -0.4 is 10.6 Å². The van der Waals surface area contributed by atoms with Gasteiger partial charge in [0.2, 0.25) is 0 Å². The van der Waals surface area contributed by atoms with Crippen molar-refractivity contribution in [2.75, 3.05) is 26.3 Å². The van der Waals surface area contributed by atoms with E-state index in [0.29, 0.717) is 19.1 Å². The molecule has 0 aliphatic rings. The van der Waals surface area contributed by atoms with Crippen LogP contribution in [0.3, 0.4) is 0 Å². The van der Waals surface area contributed by atoms with E-state index in [0.717, 1.165) is 48.3 Å². The summed E-state index contributed by atoms with van der Waals surface area (Å²) in [7, 11) is 0. The number of para-hydroxylation sites is 1. The number of aryl methyl sites for hydroxylation is 2. The van der Waals surface area contributed by atoms with Gasteiger partial charge in [-0.15, -0.1) is 0 Å². The Bertz CT molecular complexity index is 736. The van der Waals surface area contributed by atoms with Gasteiger partial charge in [0.05, 0.1) is 24.5 Å². The molecule has 27 heavy (non-hydrogen) atoms. The maximum Gasteiger partial charge on any atom is 0.191 e. The molecule has 1 heterocycles. The van der Waals surface area contributed by atoms with Gasteiger partial charge >= 0.3 is 0 Å². The molecule has 0 atom stereocenters. The summed E-state index contributed by atoms with van der Waals surface area (Å²) < 4.78 is 7.61. The molecule has 0 spiro atoms. The second-order valence-corrected chi connectivity index (χ2v) is 7.06. The van der Waals surface area contributed by atoms with E-state index in [-0.39, 0.29) is 0 Å². The summed E-state index contributed by atoms with van der Waals surface area (Å²) in [5.41, 5.74) is 4.35. The molecule has 1 aromatic carbocycles. The zero-order valence-electron chi connectivity index (χ0n) is 17.2. The van der Waals surface area contributed by atoms with Gasteiger partial charge < -0.3 is 15.4 Å². The van der Waals surface area contributed by atoms with Crippen LogP contribution in [0.15, 0.2) is 35.3 Å². The van der Waals surface area contributed by atoms with Crippen molar-refractivity contribution in [1.82, 2.24) is 20.4 Å².